The minimum atomic E-state index is -4.92. The van der Waals surface area contributed by atoms with E-state index in [9.17, 15) is 26.3 Å². The van der Waals surface area contributed by atoms with Gasteiger partial charge in [0.25, 0.3) is 0 Å². The summed E-state index contributed by atoms with van der Waals surface area (Å²) in [5.41, 5.74) is -1.16. The summed E-state index contributed by atoms with van der Waals surface area (Å²) in [7, 11) is 0. The van der Waals surface area contributed by atoms with E-state index >= 15 is 0 Å². The topological polar surface area (TPSA) is 19.4 Å². The summed E-state index contributed by atoms with van der Waals surface area (Å²) in [4.78, 5) is 8.85. The average Bonchev–Trinajstić information content (AvgIpc) is 3.42. The lowest BCUT2D eigenvalue weighted by Gasteiger charge is -2.31. The monoisotopic (exact) mass is 599 g/mol. The quantitative estimate of drug-likeness (QED) is 0.190. The van der Waals surface area contributed by atoms with E-state index in [4.69, 9.17) is 17.2 Å². The summed E-state index contributed by atoms with van der Waals surface area (Å²) >= 11 is 6.77. The Balaban J connectivity index is 1.74. The van der Waals surface area contributed by atoms with Crippen molar-refractivity contribution in [3.05, 3.63) is 70.8 Å². The van der Waals surface area contributed by atoms with Crippen LogP contribution in [0.15, 0.2) is 48.5 Å². The van der Waals surface area contributed by atoms with Gasteiger partial charge >= 0.3 is 12.4 Å². The van der Waals surface area contributed by atoms with E-state index in [1.807, 2.05) is 30.3 Å². The van der Waals surface area contributed by atoms with Crippen LogP contribution in [0.4, 0.5) is 32.2 Å². The molecule has 1 aliphatic rings. The van der Waals surface area contributed by atoms with Crippen LogP contribution in [0.3, 0.4) is 0 Å². The Kier molecular flexibility index (Phi) is 9.55. The Morgan fingerprint density at radius 2 is 1.57 bits per heavy atom. The third kappa shape index (κ3) is 7.40. The van der Waals surface area contributed by atoms with Gasteiger partial charge in [-0.3, -0.25) is 0 Å². The van der Waals surface area contributed by atoms with Gasteiger partial charge in [-0.25, -0.2) is 4.98 Å². The van der Waals surface area contributed by atoms with E-state index in [1.54, 1.807) is 11.2 Å². The zero-order valence-corrected chi connectivity index (χ0v) is 23.9. The highest BCUT2D eigenvalue weighted by molar-refractivity contribution is 8.22. The van der Waals surface area contributed by atoms with Crippen molar-refractivity contribution >= 4 is 45.0 Å². The summed E-state index contributed by atoms with van der Waals surface area (Å²) in [6.45, 7) is 3.58. The largest absolute Gasteiger partial charge is 0.416 e. The van der Waals surface area contributed by atoms with Gasteiger partial charge in [0.1, 0.15) is 10.1 Å². The van der Waals surface area contributed by atoms with Crippen LogP contribution in [0, 0.1) is 5.92 Å². The molecule has 2 aromatic carbocycles. The van der Waals surface area contributed by atoms with Gasteiger partial charge in [0.05, 0.1) is 16.6 Å². The number of anilines is 1. The molecule has 11 heteroatoms. The first-order chi connectivity index (χ1) is 18.9. The number of rotatable bonds is 8. The van der Waals surface area contributed by atoms with E-state index < -0.39 is 23.5 Å². The zero-order valence-electron chi connectivity index (χ0n) is 22.3. The first-order valence-corrected chi connectivity index (χ1v) is 14.8. The third-order valence-electron chi connectivity index (χ3n) is 7.23. The van der Waals surface area contributed by atoms with E-state index in [0.717, 1.165) is 53.8 Å². The standard InChI is InChI=1S/C29H31F6N3S2/c1-3-37(16-19-8-4-5-9-19)26-22(14-21-10-6-7-11-25(21)36-26)18-38(27(39)40-2)17-20-12-23(28(30,31)32)15-24(13-20)29(33,34)35/h6-7,10-15,19H,3-5,8-9,16-18H2,1-2H3. The van der Waals surface area contributed by atoms with Crippen molar-refractivity contribution in [1.29, 1.82) is 0 Å². The number of alkyl halides is 6. The van der Waals surface area contributed by atoms with Gasteiger partial charge in [0.2, 0.25) is 0 Å². The van der Waals surface area contributed by atoms with E-state index in [2.05, 4.69) is 11.8 Å². The zero-order chi connectivity index (χ0) is 29.1. The van der Waals surface area contributed by atoms with Gasteiger partial charge < -0.3 is 9.80 Å². The molecule has 0 bridgehead atoms. The van der Waals surface area contributed by atoms with Crippen LogP contribution >= 0.6 is 24.0 Å². The second-order valence-corrected chi connectivity index (χ2v) is 11.5. The molecule has 0 amide bonds. The molecule has 0 unspecified atom stereocenters. The second kappa shape index (κ2) is 12.5. The number of halogens is 6. The Morgan fingerprint density at radius 1 is 0.950 bits per heavy atom. The number of fused-ring (bicyclic) bond motifs is 1. The highest BCUT2D eigenvalue weighted by atomic mass is 32.2. The van der Waals surface area contributed by atoms with Crippen molar-refractivity contribution in [2.24, 2.45) is 5.92 Å². The molecule has 0 atom stereocenters. The Hall–Kier alpha value is -2.53. The van der Waals surface area contributed by atoms with Crippen molar-refractivity contribution in [3.63, 3.8) is 0 Å². The molecule has 3 aromatic rings. The van der Waals surface area contributed by atoms with Crippen molar-refractivity contribution in [2.45, 2.75) is 58.0 Å². The lowest BCUT2D eigenvalue weighted by Crippen LogP contribution is -2.32. The van der Waals surface area contributed by atoms with Crippen LogP contribution in [-0.2, 0) is 25.4 Å². The number of aromatic nitrogens is 1. The molecule has 0 aliphatic heterocycles. The predicted molar refractivity (Wildman–Crippen MR) is 153 cm³/mol. The molecule has 0 spiro atoms. The minimum Gasteiger partial charge on any atom is -0.356 e. The van der Waals surface area contributed by atoms with Crippen LogP contribution in [-0.4, -0.2) is 33.5 Å². The fraction of sp³-hybridized carbons (Fsp3) is 0.448. The van der Waals surface area contributed by atoms with Crippen molar-refractivity contribution in [2.75, 3.05) is 24.2 Å². The predicted octanol–water partition coefficient (Wildman–Crippen LogP) is 8.94. The third-order valence-corrected chi connectivity index (χ3v) is 8.60. The fourth-order valence-corrected chi connectivity index (χ4v) is 5.78. The van der Waals surface area contributed by atoms with E-state index in [0.29, 0.717) is 16.8 Å². The molecule has 40 heavy (non-hydrogen) atoms. The lowest BCUT2D eigenvalue weighted by molar-refractivity contribution is -0.143. The highest BCUT2D eigenvalue weighted by Crippen LogP contribution is 2.37. The summed E-state index contributed by atoms with van der Waals surface area (Å²) in [5, 5.41) is 0.895. The summed E-state index contributed by atoms with van der Waals surface area (Å²) in [6.07, 6.45) is -3.39. The van der Waals surface area contributed by atoms with Gasteiger partial charge in [0.15, 0.2) is 0 Å². The number of benzene rings is 2. The van der Waals surface area contributed by atoms with E-state index in [-0.39, 0.29) is 24.7 Å². The molecule has 0 radical (unpaired) electrons. The summed E-state index contributed by atoms with van der Waals surface area (Å²) < 4.78 is 81.5. The molecule has 1 fully saturated rings. The maximum absolute atomic E-state index is 13.5. The molecule has 0 N–H and O–H groups in total. The van der Waals surface area contributed by atoms with Crippen molar-refractivity contribution in [1.82, 2.24) is 9.88 Å². The molecule has 4 rings (SSSR count). The number of hydrogen-bond donors (Lipinski definition) is 0. The molecule has 216 valence electrons. The molecule has 0 saturated heterocycles. The Labute approximate surface area is 239 Å². The maximum atomic E-state index is 13.5. The first kappa shape index (κ1) is 30.4. The number of thioether (sulfide) groups is 1. The fourth-order valence-electron chi connectivity index (χ4n) is 5.26. The van der Waals surface area contributed by atoms with Gasteiger partial charge in [0, 0.05) is 37.1 Å². The van der Waals surface area contributed by atoms with Gasteiger partial charge in [-0.2, -0.15) is 26.3 Å². The smallest absolute Gasteiger partial charge is 0.356 e. The normalized spacial score (nSPS) is 14.6. The lowest BCUT2D eigenvalue weighted by atomic mass is 10.0. The average molecular weight is 600 g/mol. The van der Waals surface area contributed by atoms with Gasteiger partial charge in [-0.05, 0) is 67.8 Å². The summed E-state index contributed by atoms with van der Waals surface area (Å²) in [6, 6.07) is 11.3. The molecular formula is C29H31F6N3S2. The number of hydrogen-bond acceptors (Lipinski definition) is 4. The number of pyridine rings is 1. The van der Waals surface area contributed by atoms with Crippen LogP contribution in [0.1, 0.15) is 54.9 Å². The SMILES string of the molecule is CCN(CC1CCCC1)c1nc2ccccc2cc1CN(Cc1cc(C(F)(F)F)cc(C(F)(F)F)c1)C(=S)SC. The Morgan fingerprint density at radius 3 is 2.15 bits per heavy atom. The van der Waals surface area contributed by atoms with Crippen molar-refractivity contribution < 1.29 is 26.3 Å². The minimum absolute atomic E-state index is 0.118. The van der Waals surface area contributed by atoms with Gasteiger partial charge in [-0.15, -0.1) is 11.8 Å². The summed E-state index contributed by atoms with van der Waals surface area (Å²) in [5.74, 6) is 1.32. The molecular weight excluding hydrogens is 568 g/mol. The number of para-hydroxylation sites is 1. The molecule has 1 saturated carbocycles. The van der Waals surface area contributed by atoms with Crippen LogP contribution < -0.4 is 4.90 Å². The molecule has 3 nitrogen and oxygen atoms in total. The second-order valence-electron chi connectivity index (χ2n) is 10.1. The number of thiocarbonyl (C=S) groups is 1. The molecule has 1 aliphatic carbocycles. The van der Waals surface area contributed by atoms with Crippen LogP contribution in [0.2, 0.25) is 0 Å². The first-order valence-electron chi connectivity index (χ1n) is 13.1. The van der Waals surface area contributed by atoms with Crippen LogP contribution in [0.5, 0.6) is 0 Å². The molecule has 1 heterocycles. The highest BCUT2D eigenvalue weighted by Gasteiger charge is 2.37. The van der Waals surface area contributed by atoms with Crippen LogP contribution in [0.25, 0.3) is 10.9 Å². The molecule has 1 aromatic heterocycles. The maximum Gasteiger partial charge on any atom is 0.416 e. The van der Waals surface area contributed by atoms with Gasteiger partial charge in [-0.1, -0.05) is 43.3 Å². The number of nitrogens with zero attached hydrogens (tertiary/aromatic N) is 3. The van der Waals surface area contributed by atoms with E-state index in [1.165, 1.54) is 24.6 Å². The van der Waals surface area contributed by atoms with Crippen molar-refractivity contribution in [3.8, 4) is 0 Å². The Bertz CT molecular complexity index is 1300.